The summed E-state index contributed by atoms with van der Waals surface area (Å²) in [5, 5.41) is 8.98. The van der Waals surface area contributed by atoms with E-state index >= 15 is 0 Å². The number of esters is 1. The molecule has 0 radical (unpaired) electrons. The molecule has 1 saturated heterocycles. The third-order valence-electron chi connectivity index (χ3n) is 2.12. The molecular formula is C9H15NO5. The number of methoxy groups -OCH3 is 1. The van der Waals surface area contributed by atoms with Crippen molar-refractivity contribution in [3.05, 3.63) is 0 Å². The first-order valence-corrected chi connectivity index (χ1v) is 4.53. The number of carboxylic acid groups (broad SMARTS) is 1. The fraction of sp³-hybridized carbons (Fsp3) is 0.778. The Bertz CT molecular complexity index is 283. The van der Waals surface area contributed by atoms with E-state index in [2.05, 4.69) is 0 Å². The van der Waals surface area contributed by atoms with Gasteiger partial charge >= 0.3 is 12.1 Å². The van der Waals surface area contributed by atoms with Crippen LogP contribution in [0, 0.1) is 5.41 Å². The van der Waals surface area contributed by atoms with Crippen molar-refractivity contribution in [3.63, 3.8) is 0 Å². The molecule has 86 valence electrons. The first kappa shape index (κ1) is 11.8. The number of amides is 1. The molecule has 0 aromatic carbocycles. The summed E-state index contributed by atoms with van der Waals surface area (Å²) in [5.74, 6) is -0.667. The van der Waals surface area contributed by atoms with Crippen LogP contribution in [0.15, 0.2) is 0 Å². The minimum atomic E-state index is -1.23. The quantitative estimate of drug-likeness (QED) is 0.659. The zero-order chi connectivity index (χ0) is 11.8. The lowest BCUT2D eigenvalue weighted by atomic mass is 9.94. The fourth-order valence-corrected chi connectivity index (χ4v) is 1.47. The first-order valence-electron chi connectivity index (χ1n) is 4.53. The second kappa shape index (κ2) is 3.69. The van der Waals surface area contributed by atoms with Gasteiger partial charge in [0.1, 0.15) is 0 Å². The van der Waals surface area contributed by atoms with Crippen LogP contribution in [0.1, 0.15) is 20.8 Å². The summed E-state index contributed by atoms with van der Waals surface area (Å²) < 4.78 is 9.78. The van der Waals surface area contributed by atoms with E-state index in [1.807, 2.05) is 0 Å². The maximum absolute atomic E-state index is 11.3. The third-order valence-corrected chi connectivity index (χ3v) is 2.12. The molecule has 6 heteroatoms. The Morgan fingerprint density at radius 3 is 2.40 bits per heavy atom. The predicted molar refractivity (Wildman–Crippen MR) is 50.0 cm³/mol. The highest BCUT2D eigenvalue weighted by Crippen LogP contribution is 2.32. The van der Waals surface area contributed by atoms with Gasteiger partial charge in [0.05, 0.1) is 0 Å². The topological polar surface area (TPSA) is 76.1 Å². The first-order chi connectivity index (χ1) is 6.79. The van der Waals surface area contributed by atoms with Crippen LogP contribution in [-0.4, -0.2) is 41.6 Å². The van der Waals surface area contributed by atoms with Gasteiger partial charge in [-0.2, -0.15) is 0 Å². The molecule has 0 spiro atoms. The van der Waals surface area contributed by atoms with Gasteiger partial charge in [0.2, 0.25) is 6.23 Å². The zero-order valence-corrected chi connectivity index (χ0v) is 9.18. The Hall–Kier alpha value is -1.30. The van der Waals surface area contributed by atoms with Gasteiger partial charge in [0, 0.05) is 12.5 Å². The van der Waals surface area contributed by atoms with Crippen LogP contribution in [-0.2, 0) is 14.3 Å². The number of hydrogen-bond acceptors (Lipinski definition) is 4. The Morgan fingerprint density at radius 2 is 2.07 bits per heavy atom. The number of nitrogens with zero attached hydrogens (tertiary/aromatic N) is 1. The lowest BCUT2D eigenvalue weighted by molar-refractivity contribution is -0.151. The smallest absolute Gasteiger partial charge is 0.412 e. The van der Waals surface area contributed by atoms with E-state index < -0.39 is 29.9 Å². The molecule has 15 heavy (non-hydrogen) atoms. The average molecular weight is 217 g/mol. The normalized spacial score (nSPS) is 26.7. The Kier molecular flexibility index (Phi) is 2.90. The molecule has 1 aliphatic rings. The van der Waals surface area contributed by atoms with Crippen molar-refractivity contribution in [1.82, 2.24) is 4.90 Å². The fourth-order valence-electron chi connectivity index (χ4n) is 1.47. The van der Waals surface area contributed by atoms with Gasteiger partial charge in [0.25, 0.3) is 0 Å². The summed E-state index contributed by atoms with van der Waals surface area (Å²) in [4.78, 5) is 23.2. The van der Waals surface area contributed by atoms with Crippen molar-refractivity contribution in [2.45, 2.75) is 33.2 Å². The van der Waals surface area contributed by atoms with Crippen LogP contribution in [0.4, 0.5) is 4.79 Å². The van der Waals surface area contributed by atoms with Crippen LogP contribution < -0.4 is 0 Å². The summed E-state index contributed by atoms with van der Waals surface area (Å²) >= 11 is 0. The van der Waals surface area contributed by atoms with Gasteiger partial charge < -0.3 is 14.6 Å². The lowest BCUT2D eigenvalue weighted by Crippen LogP contribution is -2.47. The van der Waals surface area contributed by atoms with Crippen LogP contribution in [0.5, 0.6) is 0 Å². The monoisotopic (exact) mass is 217 g/mol. The average Bonchev–Trinajstić information content (AvgIpc) is 2.41. The summed E-state index contributed by atoms with van der Waals surface area (Å²) in [6.45, 7) is 5.37. The largest absolute Gasteiger partial charge is 0.465 e. The Labute approximate surface area is 87.8 Å². The van der Waals surface area contributed by atoms with Gasteiger partial charge in [-0.1, -0.05) is 20.8 Å². The number of hydrogen-bond donors (Lipinski definition) is 1. The number of carbonyl (C=O) groups excluding carboxylic acids is 1. The van der Waals surface area contributed by atoms with Gasteiger partial charge in [-0.3, -0.25) is 0 Å². The van der Waals surface area contributed by atoms with Gasteiger partial charge in [0.15, 0.2) is 6.23 Å². The van der Waals surface area contributed by atoms with E-state index in [1.54, 1.807) is 20.8 Å². The zero-order valence-electron chi connectivity index (χ0n) is 9.18. The van der Waals surface area contributed by atoms with Crippen molar-refractivity contribution >= 4 is 12.1 Å². The Balaban J connectivity index is 3.01. The molecule has 1 heterocycles. The number of ether oxygens (including phenoxy) is 2. The van der Waals surface area contributed by atoms with Crippen molar-refractivity contribution in [3.8, 4) is 0 Å². The second-order valence-corrected chi connectivity index (χ2v) is 4.43. The molecule has 1 fully saturated rings. The maximum Gasteiger partial charge on any atom is 0.412 e. The van der Waals surface area contributed by atoms with E-state index in [9.17, 15) is 9.59 Å². The molecule has 0 aromatic rings. The van der Waals surface area contributed by atoms with Gasteiger partial charge in [-0.05, 0) is 0 Å². The molecule has 0 aliphatic carbocycles. The summed E-state index contributed by atoms with van der Waals surface area (Å²) in [7, 11) is 1.27. The van der Waals surface area contributed by atoms with Gasteiger partial charge in [-0.25, -0.2) is 14.5 Å². The third kappa shape index (κ3) is 2.04. The molecule has 6 nitrogen and oxygen atoms in total. The predicted octanol–water partition coefficient (Wildman–Crippen LogP) is 0.868. The molecule has 1 amide bonds. The highest BCUT2D eigenvalue weighted by Gasteiger charge is 2.50. The number of carbonyl (C=O) groups is 2. The summed E-state index contributed by atoms with van der Waals surface area (Å²) in [6, 6.07) is 0. The van der Waals surface area contributed by atoms with E-state index in [0.29, 0.717) is 0 Å². The van der Waals surface area contributed by atoms with E-state index in [0.717, 1.165) is 4.90 Å². The highest BCUT2D eigenvalue weighted by molar-refractivity contribution is 5.82. The molecule has 2 atom stereocenters. The van der Waals surface area contributed by atoms with E-state index in [1.165, 1.54) is 7.11 Å². The van der Waals surface area contributed by atoms with Crippen molar-refractivity contribution in [2.24, 2.45) is 5.41 Å². The molecule has 0 bridgehead atoms. The minimum Gasteiger partial charge on any atom is -0.465 e. The molecule has 2 unspecified atom stereocenters. The standard InChI is InChI=1S/C9H15NO5/c1-9(2,3)7-10(8(12)13)5(14-4)6(11)15-7/h5,7H,1-4H3,(H,12,13). The van der Waals surface area contributed by atoms with Crippen molar-refractivity contribution in [1.29, 1.82) is 0 Å². The van der Waals surface area contributed by atoms with Crippen LogP contribution in [0.3, 0.4) is 0 Å². The maximum atomic E-state index is 11.3. The number of rotatable bonds is 1. The summed E-state index contributed by atoms with van der Waals surface area (Å²) in [6.07, 6.45) is -3.20. The molecular weight excluding hydrogens is 202 g/mol. The summed E-state index contributed by atoms with van der Waals surface area (Å²) in [5.41, 5.74) is -0.485. The van der Waals surface area contributed by atoms with E-state index in [-0.39, 0.29) is 0 Å². The molecule has 1 N–H and O–H groups in total. The van der Waals surface area contributed by atoms with Gasteiger partial charge in [-0.15, -0.1) is 0 Å². The van der Waals surface area contributed by atoms with Crippen LogP contribution in [0.2, 0.25) is 0 Å². The van der Waals surface area contributed by atoms with Crippen LogP contribution >= 0.6 is 0 Å². The Morgan fingerprint density at radius 1 is 1.53 bits per heavy atom. The molecule has 1 aliphatic heterocycles. The number of cyclic esters (lactones) is 1. The molecule has 0 saturated carbocycles. The lowest BCUT2D eigenvalue weighted by Gasteiger charge is -2.31. The van der Waals surface area contributed by atoms with Crippen molar-refractivity contribution in [2.75, 3.05) is 7.11 Å². The van der Waals surface area contributed by atoms with E-state index in [4.69, 9.17) is 14.6 Å². The second-order valence-electron chi connectivity index (χ2n) is 4.43. The van der Waals surface area contributed by atoms with Crippen molar-refractivity contribution < 1.29 is 24.2 Å². The highest BCUT2D eigenvalue weighted by atomic mass is 16.6. The van der Waals surface area contributed by atoms with Crippen LogP contribution in [0.25, 0.3) is 0 Å². The molecule has 1 rings (SSSR count). The minimum absolute atomic E-state index is 0.485. The molecule has 0 aromatic heterocycles. The SMILES string of the molecule is COC1C(=O)OC(C(C)(C)C)N1C(=O)O.